The Hall–Kier alpha value is -3.22. The van der Waals surface area contributed by atoms with Crippen LogP contribution < -0.4 is 14.7 Å². The summed E-state index contributed by atoms with van der Waals surface area (Å²) in [6.07, 6.45) is 4.65. The van der Waals surface area contributed by atoms with Gasteiger partial charge in [-0.15, -0.1) is 0 Å². The average Bonchev–Trinajstić information content (AvgIpc) is 3.18. The van der Waals surface area contributed by atoms with Gasteiger partial charge >= 0.3 is 0 Å². The van der Waals surface area contributed by atoms with Gasteiger partial charge in [0, 0.05) is 56.9 Å². The third-order valence-electron chi connectivity index (χ3n) is 5.41. The summed E-state index contributed by atoms with van der Waals surface area (Å²) in [6, 6.07) is 12.6. The SMILES string of the molecule is Cc1nc(N2CCN(c3ncccn3)CC2)cc(N2CCc3ccccc32)n1. The van der Waals surface area contributed by atoms with Crippen molar-refractivity contribution in [2.45, 2.75) is 13.3 Å². The molecular formula is C21H23N7. The normalized spacial score (nSPS) is 16.4. The van der Waals surface area contributed by atoms with E-state index in [9.17, 15) is 0 Å². The highest BCUT2D eigenvalue weighted by Crippen LogP contribution is 2.34. The number of aryl methyl sites for hydroxylation is 1. The summed E-state index contributed by atoms with van der Waals surface area (Å²) in [7, 11) is 0. The van der Waals surface area contributed by atoms with E-state index >= 15 is 0 Å². The summed E-state index contributed by atoms with van der Waals surface area (Å²) in [6.45, 7) is 6.50. The molecule has 5 rings (SSSR count). The average molecular weight is 373 g/mol. The number of nitrogens with zero attached hydrogens (tertiary/aromatic N) is 7. The molecule has 0 unspecified atom stereocenters. The molecule has 0 radical (unpaired) electrons. The molecule has 0 amide bonds. The maximum atomic E-state index is 4.73. The standard InChI is InChI=1S/C21H23N7/c1-16-24-19(26-11-13-27(14-12-26)21-22-8-4-9-23-21)15-20(25-16)28-10-7-17-5-2-3-6-18(17)28/h2-6,8-9,15H,7,10-14H2,1H3. The first-order valence-corrected chi connectivity index (χ1v) is 9.76. The molecule has 7 nitrogen and oxygen atoms in total. The quantitative estimate of drug-likeness (QED) is 0.699. The second-order valence-corrected chi connectivity index (χ2v) is 7.18. The number of anilines is 4. The minimum atomic E-state index is 0.801. The summed E-state index contributed by atoms with van der Waals surface area (Å²) in [4.78, 5) is 25.0. The van der Waals surface area contributed by atoms with E-state index in [4.69, 9.17) is 9.97 Å². The number of rotatable bonds is 3. The van der Waals surface area contributed by atoms with Crippen LogP contribution >= 0.6 is 0 Å². The molecule has 4 heterocycles. The van der Waals surface area contributed by atoms with Gasteiger partial charge in [-0.25, -0.2) is 19.9 Å². The molecular weight excluding hydrogens is 350 g/mol. The first-order valence-electron chi connectivity index (χ1n) is 9.76. The molecule has 0 atom stereocenters. The number of hydrogen-bond donors (Lipinski definition) is 0. The van der Waals surface area contributed by atoms with Crippen LogP contribution in [0, 0.1) is 6.92 Å². The van der Waals surface area contributed by atoms with E-state index in [2.05, 4.69) is 55.0 Å². The minimum absolute atomic E-state index is 0.801. The summed E-state index contributed by atoms with van der Waals surface area (Å²) >= 11 is 0. The summed E-state index contributed by atoms with van der Waals surface area (Å²) < 4.78 is 0. The maximum absolute atomic E-state index is 4.73. The van der Waals surface area contributed by atoms with Crippen LogP contribution in [-0.2, 0) is 6.42 Å². The van der Waals surface area contributed by atoms with Gasteiger partial charge < -0.3 is 14.7 Å². The van der Waals surface area contributed by atoms with Crippen molar-refractivity contribution in [2.75, 3.05) is 47.4 Å². The second kappa shape index (κ2) is 7.07. The van der Waals surface area contributed by atoms with Crippen LogP contribution in [0.4, 0.5) is 23.3 Å². The van der Waals surface area contributed by atoms with Gasteiger partial charge in [-0.2, -0.15) is 0 Å². The zero-order chi connectivity index (χ0) is 18.9. The highest BCUT2D eigenvalue weighted by Gasteiger charge is 2.24. The van der Waals surface area contributed by atoms with Gasteiger partial charge in [0.05, 0.1) is 0 Å². The molecule has 2 aliphatic heterocycles. The van der Waals surface area contributed by atoms with Crippen LogP contribution in [0.5, 0.6) is 0 Å². The van der Waals surface area contributed by atoms with Crippen LogP contribution in [-0.4, -0.2) is 52.7 Å². The minimum Gasteiger partial charge on any atom is -0.353 e. The zero-order valence-corrected chi connectivity index (χ0v) is 16.0. The van der Waals surface area contributed by atoms with Gasteiger partial charge in [0.2, 0.25) is 5.95 Å². The van der Waals surface area contributed by atoms with Crippen molar-refractivity contribution in [3.63, 3.8) is 0 Å². The Morgan fingerprint density at radius 3 is 2.32 bits per heavy atom. The Balaban J connectivity index is 1.36. The van der Waals surface area contributed by atoms with Crippen molar-refractivity contribution >= 4 is 23.3 Å². The predicted octanol–water partition coefficient (Wildman–Crippen LogP) is 2.60. The van der Waals surface area contributed by atoms with Crippen molar-refractivity contribution in [1.29, 1.82) is 0 Å². The van der Waals surface area contributed by atoms with Gasteiger partial charge in [0.25, 0.3) is 0 Å². The highest BCUT2D eigenvalue weighted by atomic mass is 15.3. The molecule has 2 aliphatic rings. The molecule has 28 heavy (non-hydrogen) atoms. The molecule has 3 aromatic rings. The lowest BCUT2D eigenvalue weighted by molar-refractivity contribution is 0.633. The Morgan fingerprint density at radius 1 is 0.786 bits per heavy atom. The highest BCUT2D eigenvalue weighted by molar-refractivity contribution is 5.69. The predicted molar refractivity (Wildman–Crippen MR) is 110 cm³/mol. The first kappa shape index (κ1) is 16.9. The fourth-order valence-electron chi connectivity index (χ4n) is 4.00. The molecule has 1 fully saturated rings. The molecule has 0 saturated carbocycles. The van der Waals surface area contributed by atoms with E-state index in [0.29, 0.717) is 0 Å². The number of fused-ring (bicyclic) bond motifs is 1. The third kappa shape index (κ3) is 3.13. The fourth-order valence-corrected chi connectivity index (χ4v) is 4.00. The van der Waals surface area contributed by atoms with Crippen molar-refractivity contribution in [1.82, 2.24) is 19.9 Å². The Morgan fingerprint density at radius 2 is 1.50 bits per heavy atom. The smallest absolute Gasteiger partial charge is 0.225 e. The molecule has 1 saturated heterocycles. The molecule has 0 N–H and O–H groups in total. The van der Waals surface area contributed by atoms with Gasteiger partial charge in [0.15, 0.2) is 0 Å². The van der Waals surface area contributed by atoms with Crippen LogP contribution in [0.1, 0.15) is 11.4 Å². The Labute approximate surface area is 164 Å². The lowest BCUT2D eigenvalue weighted by Gasteiger charge is -2.35. The lowest BCUT2D eigenvalue weighted by Crippen LogP contribution is -2.47. The monoisotopic (exact) mass is 373 g/mol. The maximum Gasteiger partial charge on any atom is 0.225 e. The molecule has 0 spiro atoms. The van der Waals surface area contributed by atoms with Crippen LogP contribution in [0.2, 0.25) is 0 Å². The third-order valence-corrected chi connectivity index (χ3v) is 5.41. The lowest BCUT2D eigenvalue weighted by atomic mass is 10.2. The van der Waals surface area contributed by atoms with Crippen LogP contribution in [0.3, 0.4) is 0 Å². The zero-order valence-electron chi connectivity index (χ0n) is 16.0. The molecule has 0 bridgehead atoms. The van der Waals surface area contributed by atoms with Crippen molar-refractivity contribution < 1.29 is 0 Å². The first-order chi connectivity index (χ1) is 13.8. The Bertz CT molecular complexity index is 967. The molecule has 1 aromatic carbocycles. The van der Waals surface area contributed by atoms with Crippen molar-refractivity contribution in [2.24, 2.45) is 0 Å². The number of hydrogen-bond acceptors (Lipinski definition) is 7. The van der Waals surface area contributed by atoms with Gasteiger partial charge in [-0.05, 0) is 31.0 Å². The largest absolute Gasteiger partial charge is 0.353 e. The number of benzene rings is 1. The van der Waals surface area contributed by atoms with E-state index in [1.165, 1.54) is 11.3 Å². The molecule has 7 heteroatoms. The summed E-state index contributed by atoms with van der Waals surface area (Å²) in [5.41, 5.74) is 2.65. The number of para-hydroxylation sites is 1. The Kier molecular flexibility index (Phi) is 4.27. The molecule has 2 aromatic heterocycles. The van der Waals surface area contributed by atoms with E-state index in [1.807, 2.05) is 13.0 Å². The van der Waals surface area contributed by atoms with Gasteiger partial charge in [-0.1, -0.05) is 18.2 Å². The fraction of sp³-hybridized carbons (Fsp3) is 0.333. The van der Waals surface area contributed by atoms with Crippen LogP contribution in [0.25, 0.3) is 0 Å². The van der Waals surface area contributed by atoms with E-state index in [1.54, 1.807) is 12.4 Å². The summed E-state index contributed by atoms with van der Waals surface area (Å²) in [5.74, 6) is 3.60. The number of aromatic nitrogens is 4. The van der Waals surface area contributed by atoms with Gasteiger partial charge in [-0.3, -0.25) is 0 Å². The van der Waals surface area contributed by atoms with E-state index < -0.39 is 0 Å². The van der Waals surface area contributed by atoms with Crippen molar-refractivity contribution in [3.05, 3.63) is 60.2 Å². The second-order valence-electron chi connectivity index (χ2n) is 7.18. The van der Waals surface area contributed by atoms with Crippen molar-refractivity contribution in [3.8, 4) is 0 Å². The number of piperazine rings is 1. The topological polar surface area (TPSA) is 61.3 Å². The molecule has 142 valence electrons. The summed E-state index contributed by atoms with van der Waals surface area (Å²) in [5, 5.41) is 0. The molecule has 0 aliphatic carbocycles. The van der Waals surface area contributed by atoms with Crippen LogP contribution in [0.15, 0.2) is 48.8 Å². The van der Waals surface area contributed by atoms with Gasteiger partial charge in [0.1, 0.15) is 17.5 Å². The van der Waals surface area contributed by atoms with E-state index in [-0.39, 0.29) is 0 Å². The van der Waals surface area contributed by atoms with E-state index in [0.717, 1.165) is 62.6 Å².